The summed E-state index contributed by atoms with van der Waals surface area (Å²) < 4.78 is 7.21. The fourth-order valence-electron chi connectivity index (χ4n) is 2.91. The SMILES string of the molecule is Nc1ncnc2c1nc(Sc1ccc(Cl)cc1)n2[C@@H]1O[C@H](CO)C(O)C1O. The van der Waals surface area contributed by atoms with E-state index in [1.54, 1.807) is 16.7 Å². The summed E-state index contributed by atoms with van der Waals surface area (Å²) in [5.41, 5.74) is 6.63. The first-order chi connectivity index (χ1) is 13.0. The van der Waals surface area contributed by atoms with Crippen LogP contribution in [0.25, 0.3) is 11.2 Å². The molecule has 0 saturated carbocycles. The zero-order chi connectivity index (χ0) is 19.1. The quantitative estimate of drug-likeness (QED) is 0.493. The second-order valence-electron chi connectivity index (χ2n) is 5.98. The fourth-order valence-corrected chi connectivity index (χ4v) is 3.94. The van der Waals surface area contributed by atoms with Crippen LogP contribution in [0.15, 0.2) is 40.6 Å². The Morgan fingerprint density at radius 3 is 2.59 bits per heavy atom. The molecular weight excluding hydrogens is 394 g/mol. The second-order valence-corrected chi connectivity index (χ2v) is 7.46. The molecule has 11 heteroatoms. The molecule has 3 heterocycles. The first kappa shape index (κ1) is 18.4. The zero-order valence-corrected chi connectivity index (χ0v) is 15.4. The van der Waals surface area contributed by atoms with E-state index in [0.717, 1.165) is 4.90 Å². The van der Waals surface area contributed by atoms with E-state index in [1.807, 2.05) is 12.1 Å². The first-order valence-electron chi connectivity index (χ1n) is 8.04. The minimum absolute atomic E-state index is 0.184. The summed E-state index contributed by atoms with van der Waals surface area (Å²) in [6.07, 6.45) is -3.15. The molecule has 1 aliphatic rings. The molecule has 3 aromatic rings. The summed E-state index contributed by atoms with van der Waals surface area (Å²) in [5.74, 6) is 0.184. The predicted octanol–water partition coefficient (Wildman–Crippen LogP) is 0.825. The van der Waals surface area contributed by atoms with Gasteiger partial charge in [-0.3, -0.25) is 4.57 Å². The second kappa shape index (κ2) is 7.23. The van der Waals surface area contributed by atoms with Crippen LogP contribution in [0.2, 0.25) is 5.02 Å². The van der Waals surface area contributed by atoms with Crippen molar-refractivity contribution in [2.75, 3.05) is 12.3 Å². The highest BCUT2D eigenvalue weighted by Gasteiger charge is 2.45. The molecule has 27 heavy (non-hydrogen) atoms. The number of anilines is 1. The summed E-state index contributed by atoms with van der Waals surface area (Å²) in [5, 5.41) is 31.0. The Balaban J connectivity index is 1.82. The van der Waals surface area contributed by atoms with E-state index in [1.165, 1.54) is 18.1 Å². The van der Waals surface area contributed by atoms with Crippen molar-refractivity contribution in [1.82, 2.24) is 19.5 Å². The molecule has 1 aromatic carbocycles. The number of fused-ring (bicyclic) bond motifs is 1. The molecule has 9 nitrogen and oxygen atoms in total. The van der Waals surface area contributed by atoms with Crippen LogP contribution in [0.3, 0.4) is 0 Å². The van der Waals surface area contributed by atoms with Crippen molar-refractivity contribution >= 4 is 40.3 Å². The molecule has 5 N–H and O–H groups in total. The van der Waals surface area contributed by atoms with Crippen molar-refractivity contribution in [3.05, 3.63) is 35.6 Å². The summed E-state index contributed by atoms with van der Waals surface area (Å²) in [7, 11) is 0. The lowest BCUT2D eigenvalue weighted by Crippen LogP contribution is -2.33. The molecule has 4 atom stereocenters. The topological polar surface area (TPSA) is 140 Å². The van der Waals surface area contributed by atoms with Gasteiger partial charge >= 0.3 is 0 Å². The summed E-state index contributed by atoms with van der Waals surface area (Å²) in [4.78, 5) is 13.5. The maximum Gasteiger partial charge on any atom is 0.177 e. The third-order valence-electron chi connectivity index (χ3n) is 4.27. The van der Waals surface area contributed by atoms with Crippen molar-refractivity contribution in [3.8, 4) is 0 Å². The number of nitrogens with two attached hydrogens (primary N) is 1. The molecule has 2 aromatic heterocycles. The molecule has 2 unspecified atom stereocenters. The number of aromatic nitrogens is 4. The number of hydrogen-bond donors (Lipinski definition) is 4. The van der Waals surface area contributed by atoms with Gasteiger partial charge in [0.2, 0.25) is 0 Å². The molecule has 4 rings (SSSR count). The number of rotatable bonds is 4. The Bertz CT molecular complexity index is 969. The van der Waals surface area contributed by atoms with Gasteiger partial charge in [-0.15, -0.1) is 0 Å². The molecule has 0 amide bonds. The van der Waals surface area contributed by atoms with E-state index in [9.17, 15) is 15.3 Å². The van der Waals surface area contributed by atoms with Crippen molar-refractivity contribution in [2.45, 2.75) is 34.6 Å². The number of hydrogen-bond acceptors (Lipinski definition) is 9. The zero-order valence-electron chi connectivity index (χ0n) is 13.8. The van der Waals surface area contributed by atoms with Crippen LogP contribution < -0.4 is 5.73 Å². The minimum Gasteiger partial charge on any atom is -0.394 e. The minimum atomic E-state index is -1.28. The van der Waals surface area contributed by atoms with Crippen LogP contribution in [0.5, 0.6) is 0 Å². The van der Waals surface area contributed by atoms with Gasteiger partial charge in [-0.05, 0) is 24.3 Å². The standard InChI is InChI=1S/C16H16ClN5O4S/c17-7-1-3-8(4-2-7)27-16-21-10-13(18)19-6-20-14(10)22(16)15-12(25)11(24)9(5-23)26-15/h1-4,6,9,11-12,15,23-25H,5H2,(H2,18,19,20)/t9-,11?,12?,15-/m1/s1. The maximum atomic E-state index is 10.5. The third kappa shape index (κ3) is 3.24. The van der Waals surface area contributed by atoms with E-state index in [0.29, 0.717) is 21.3 Å². The number of aliphatic hydroxyl groups excluding tert-OH is 3. The van der Waals surface area contributed by atoms with Crippen LogP contribution in [-0.2, 0) is 4.74 Å². The monoisotopic (exact) mass is 409 g/mol. The Kier molecular flexibility index (Phi) is 4.93. The normalized spacial score (nSPS) is 25.3. The predicted molar refractivity (Wildman–Crippen MR) is 98.3 cm³/mol. The Morgan fingerprint density at radius 2 is 1.93 bits per heavy atom. The molecule has 1 saturated heterocycles. The molecule has 1 fully saturated rings. The van der Waals surface area contributed by atoms with Crippen molar-refractivity contribution in [1.29, 1.82) is 0 Å². The number of aliphatic hydroxyl groups is 3. The van der Waals surface area contributed by atoms with Crippen LogP contribution in [0, 0.1) is 0 Å². The highest BCUT2D eigenvalue weighted by atomic mass is 35.5. The fraction of sp³-hybridized carbons (Fsp3) is 0.312. The molecule has 0 aliphatic carbocycles. The van der Waals surface area contributed by atoms with Gasteiger partial charge in [0.15, 0.2) is 28.4 Å². The number of imidazole rings is 1. The van der Waals surface area contributed by atoms with Gasteiger partial charge in [-0.1, -0.05) is 23.4 Å². The third-order valence-corrected chi connectivity index (χ3v) is 5.50. The molecule has 142 valence electrons. The lowest BCUT2D eigenvalue weighted by atomic mass is 10.1. The maximum absolute atomic E-state index is 10.5. The summed E-state index contributed by atoms with van der Waals surface area (Å²) >= 11 is 7.22. The number of halogens is 1. The number of nitrogen functional groups attached to an aromatic ring is 1. The number of nitrogens with zero attached hydrogens (tertiary/aromatic N) is 4. The Morgan fingerprint density at radius 1 is 1.19 bits per heavy atom. The average molecular weight is 410 g/mol. The summed E-state index contributed by atoms with van der Waals surface area (Å²) in [6.45, 7) is -0.432. The lowest BCUT2D eigenvalue weighted by molar-refractivity contribution is -0.0548. The number of ether oxygens (including phenoxy) is 1. The van der Waals surface area contributed by atoms with Crippen LogP contribution >= 0.6 is 23.4 Å². The van der Waals surface area contributed by atoms with E-state index >= 15 is 0 Å². The van der Waals surface area contributed by atoms with Gasteiger partial charge in [0, 0.05) is 9.92 Å². The highest BCUT2D eigenvalue weighted by molar-refractivity contribution is 7.99. The van der Waals surface area contributed by atoms with Crippen molar-refractivity contribution < 1.29 is 20.1 Å². The number of benzene rings is 1. The van der Waals surface area contributed by atoms with Gasteiger partial charge in [-0.25, -0.2) is 15.0 Å². The van der Waals surface area contributed by atoms with Crippen LogP contribution in [0.4, 0.5) is 5.82 Å². The summed E-state index contributed by atoms with van der Waals surface area (Å²) in [6, 6.07) is 7.14. The lowest BCUT2D eigenvalue weighted by Gasteiger charge is -2.19. The largest absolute Gasteiger partial charge is 0.394 e. The van der Waals surface area contributed by atoms with E-state index in [-0.39, 0.29) is 5.82 Å². The average Bonchev–Trinajstić information content (AvgIpc) is 3.16. The van der Waals surface area contributed by atoms with Gasteiger partial charge < -0.3 is 25.8 Å². The van der Waals surface area contributed by atoms with Crippen LogP contribution in [-0.4, -0.2) is 59.8 Å². The van der Waals surface area contributed by atoms with Gasteiger partial charge in [0.05, 0.1) is 6.61 Å². The molecule has 0 spiro atoms. The van der Waals surface area contributed by atoms with Crippen molar-refractivity contribution in [3.63, 3.8) is 0 Å². The first-order valence-corrected chi connectivity index (χ1v) is 9.23. The molecular formula is C16H16ClN5O4S. The Labute approximate surface area is 162 Å². The molecule has 1 aliphatic heterocycles. The Hall–Kier alpha value is -1.95. The molecule has 0 radical (unpaired) electrons. The van der Waals surface area contributed by atoms with Gasteiger partial charge in [0.1, 0.15) is 24.6 Å². The van der Waals surface area contributed by atoms with Gasteiger partial charge in [-0.2, -0.15) is 0 Å². The van der Waals surface area contributed by atoms with Crippen molar-refractivity contribution in [2.24, 2.45) is 0 Å². The van der Waals surface area contributed by atoms with Gasteiger partial charge in [0.25, 0.3) is 0 Å². The molecule has 0 bridgehead atoms. The van der Waals surface area contributed by atoms with E-state index in [2.05, 4.69) is 15.0 Å². The highest BCUT2D eigenvalue weighted by Crippen LogP contribution is 2.38. The van der Waals surface area contributed by atoms with Crippen LogP contribution in [0.1, 0.15) is 6.23 Å². The van der Waals surface area contributed by atoms with E-state index in [4.69, 9.17) is 22.1 Å². The van der Waals surface area contributed by atoms with E-state index < -0.39 is 31.1 Å². The smallest absolute Gasteiger partial charge is 0.177 e.